The maximum Gasteiger partial charge on any atom is 0.238 e. The molecule has 70 heavy (non-hydrogen) atoms. The van der Waals surface area contributed by atoms with E-state index in [0.29, 0.717) is 17.6 Å². The second-order valence-electron chi connectivity index (χ2n) is 17.6. The molecule has 0 saturated carbocycles. The first-order valence-electron chi connectivity index (χ1n) is 23.3. The lowest BCUT2D eigenvalue weighted by atomic mass is 10.1. The Morgan fingerprint density at radius 3 is 1.11 bits per heavy atom. The summed E-state index contributed by atoms with van der Waals surface area (Å²) in [4.78, 5) is 32.1. The maximum atomic E-state index is 5.68. The number of pyridine rings is 3. The van der Waals surface area contributed by atoms with Crippen molar-refractivity contribution in [2.24, 2.45) is 0 Å². The zero-order valence-corrected chi connectivity index (χ0v) is 37.3. The Hall–Kier alpha value is -9.80. The molecule has 0 N–H and O–H groups in total. The summed E-state index contributed by atoms with van der Waals surface area (Å²) >= 11 is 0. The zero-order valence-electron chi connectivity index (χ0n) is 37.3. The van der Waals surface area contributed by atoms with Gasteiger partial charge in [0, 0.05) is 67.2 Å². The minimum absolute atomic E-state index is 0.478. The largest absolute Gasteiger partial charge is 0.294 e. The Morgan fingerprint density at radius 2 is 0.643 bits per heavy atom. The number of nitrogens with zero attached hydrogens (tertiary/aromatic N) is 10. The summed E-state index contributed by atoms with van der Waals surface area (Å²) < 4.78 is 9.00. The standard InChI is InChI=1S/C60H36N10/c1-2-17-37(18-3-1)55-64-56(66-60(65-55)70-50-30-12-4-19-39(50)40-20-5-13-31-51(40)70)54-52(68-48-28-10-7-22-42(48)45-25-15-33-62-58(45)68)35-38(67-47-27-9-6-21-41(47)44-24-14-32-61-57(44)67)36-53(54)69-49-29-11-8-23-43(49)46-26-16-34-63-59(46)69/h1-36H. The van der Waals surface area contributed by atoms with Gasteiger partial charge in [0.1, 0.15) is 16.9 Å². The van der Waals surface area contributed by atoms with Crippen molar-refractivity contribution in [1.29, 1.82) is 0 Å². The number of para-hydroxylation sites is 5. The molecule has 326 valence electrons. The molecular weight excluding hydrogens is 861 g/mol. The van der Waals surface area contributed by atoms with E-state index in [9.17, 15) is 0 Å². The van der Waals surface area contributed by atoms with Crippen LogP contribution >= 0.6 is 0 Å². The monoisotopic (exact) mass is 896 g/mol. The van der Waals surface area contributed by atoms with Gasteiger partial charge in [0.25, 0.3) is 0 Å². The van der Waals surface area contributed by atoms with Crippen molar-refractivity contribution in [2.75, 3.05) is 0 Å². The highest BCUT2D eigenvalue weighted by Crippen LogP contribution is 2.44. The Bertz CT molecular complexity index is 4270. The average Bonchev–Trinajstić information content (AvgIpc) is 4.16. The van der Waals surface area contributed by atoms with Crippen LogP contribution in [0.1, 0.15) is 0 Å². The molecule has 0 fully saturated rings. The van der Waals surface area contributed by atoms with Crippen LogP contribution < -0.4 is 0 Å². The molecule has 15 rings (SSSR count). The highest BCUT2D eigenvalue weighted by atomic mass is 15.2. The van der Waals surface area contributed by atoms with Gasteiger partial charge in [-0.15, -0.1) is 0 Å². The molecule has 0 spiro atoms. The van der Waals surface area contributed by atoms with Gasteiger partial charge in [0.15, 0.2) is 11.6 Å². The fourth-order valence-electron chi connectivity index (χ4n) is 10.9. The molecule has 7 aromatic carbocycles. The van der Waals surface area contributed by atoms with E-state index in [1.54, 1.807) is 0 Å². The number of hydrogen-bond acceptors (Lipinski definition) is 6. The van der Waals surface area contributed by atoms with Crippen LogP contribution in [-0.4, -0.2) is 48.2 Å². The molecule has 0 aliphatic carbocycles. The molecule has 10 heteroatoms. The summed E-state index contributed by atoms with van der Waals surface area (Å²) in [5.74, 6) is 1.51. The van der Waals surface area contributed by atoms with Crippen LogP contribution in [0, 0.1) is 0 Å². The van der Waals surface area contributed by atoms with E-state index >= 15 is 0 Å². The lowest BCUT2D eigenvalue weighted by molar-refractivity contribution is 0.948. The molecule has 10 nitrogen and oxygen atoms in total. The summed E-state index contributed by atoms with van der Waals surface area (Å²) in [7, 11) is 0. The number of rotatable bonds is 6. The lowest BCUT2D eigenvalue weighted by Gasteiger charge is -2.22. The summed E-state index contributed by atoms with van der Waals surface area (Å²) in [5.41, 5.74) is 11.6. The van der Waals surface area contributed by atoms with Gasteiger partial charge < -0.3 is 0 Å². The van der Waals surface area contributed by atoms with Crippen molar-refractivity contribution in [1.82, 2.24) is 48.2 Å². The highest BCUT2D eigenvalue weighted by Gasteiger charge is 2.28. The Balaban J connectivity index is 1.18. The lowest BCUT2D eigenvalue weighted by Crippen LogP contribution is -2.11. The summed E-state index contributed by atoms with van der Waals surface area (Å²) in [5, 5.41) is 8.59. The molecule has 8 heterocycles. The summed E-state index contributed by atoms with van der Waals surface area (Å²) in [6, 6.07) is 69.6. The van der Waals surface area contributed by atoms with Crippen LogP contribution in [0.25, 0.3) is 133 Å². The van der Waals surface area contributed by atoms with Gasteiger partial charge in [0.05, 0.1) is 50.2 Å². The molecular formula is C60H36N10. The summed E-state index contributed by atoms with van der Waals surface area (Å²) in [6.07, 6.45) is 5.60. The first-order chi connectivity index (χ1) is 34.8. The van der Waals surface area contributed by atoms with Crippen molar-refractivity contribution >= 4 is 87.6 Å². The van der Waals surface area contributed by atoms with E-state index in [2.05, 4.69) is 182 Å². The van der Waals surface area contributed by atoms with Gasteiger partial charge >= 0.3 is 0 Å². The summed E-state index contributed by atoms with van der Waals surface area (Å²) in [6.45, 7) is 0. The predicted octanol–water partition coefficient (Wildman–Crippen LogP) is 13.8. The third-order valence-corrected chi connectivity index (χ3v) is 13.8. The molecule has 0 saturated heterocycles. The molecule has 8 aromatic heterocycles. The van der Waals surface area contributed by atoms with E-state index in [1.807, 2.05) is 55.0 Å². The average molecular weight is 897 g/mol. The van der Waals surface area contributed by atoms with Gasteiger partial charge in [0.2, 0.25) is 5.95 Å². The Labute approximate surface area is 398 Å². The van der Waals surface area contributed by atoms with Gasteiger partial charge in [-0.05, 0) is 78.9 Å². The molecule has 0 aliphatic rings. The minimum Gasteiger partial charge on any atom is -0.294 e. The zero-order chi connectivity index (χ0) is 45.9. The first-order valence-corrected chi connectivity index (χ1v) is 23.3. The van der Waals surface area contributed by atoms with Crippen LogP contribution in [0.15, 0.2) is 219 Å². The topological polar surface area (TPSA) is 97.1 Å². The van der Waals surface area contributed by atoms with E-state index in [0.717, 1.165) is 116 Å². The van der Waals surface area contributed by atoms with Gasteiger partial charge in [-0.25, -0.2) is 19.9 Å². The molecule has 0 unspecified atom stereocenters. The fourth-order valence-corrected chi connectivity index (χ4v) is 10.9. The first kappa shape index (κ1) is 38.3. The van der Waals surface area contributed by atoms with Crippen molar-refractivity contribution < 1.29 is 0 Å². The minimum atomic E-state index is 0.478. The normalized spacial score (nSPS) is 12.0. The number of benzene rings is 7. The quantitative estimate of drug-likeness (QED) is 0.165. The Morgan fingerprint density at radius 1 is 0.286 bits per heavy atom. The second-order valence-corrected chi connectivity index (χ2v) is 17.6. The van der Waals surface area contributed by atoms with Gasteiger partial charge in [-0.2, -0.15) is 9.97 Å². The highest BCUT2D eigenvalue weighted by molar-refractivity contribution is 6.12. The molecule has 0 bridgehead atoms. The number of aromatic nitrogens is 10. The smallest absolute Gasteiger partial charge is 0.238 e. The second kappa shape index (κ2) is 14.9. The van der Waals surface area contributed by atoms with Crippen LogP contribution in [0.2, 0.25) is 0 Å². The van der Waals surface area contributed by atoms with Crippen molar-refractivity contribution in [3.8, 4) is 45.8 Å². The van der Waals surface area contributed by atoms with Crippen LogP contribution in [-0.2, 0) is 0 Å². The van der Waals surface area contributed by atoms with Gasteiger partial charge in [-0.3, -0.25) is 18.3 Å². The van der Waals surface area contributed by atoms with E-state index in [4.69, 9.17) is 29.9 Å². The van der Waals surface area contributed by atoms with Crippen LogP contribution in [0.4, 0.5) is 0 Å². The fraction of sp³-hybridized carbons (Fsp3) is 0. The van der Waals surface area contributed by atoms with E-state index in [1.165, 1.54) is 0 Å². The molecule has 0 radical (unpaired) electrons. The SMILES string of the molecule is c1ccc(-c2nc(-c3c(-n4c5ccccc5c5cccnc54)cc(-n4c5ccccc5c5cccnc54)cc3-n3c4ccccc4c4cccnc43)nc(-n3c4ccccc4c4ccccc43)n2)cc1. The molecule has 0 atom stereocenters. The van der Waals surface area contributed by atoms with Crippen LogP contribution in [0.3, 0.4) is 0 Å². The predicted molar refractivity (Wildman–Crippen MR) is 281 cm³/mol. The van der Waals surface area contributed by atoms with E-state index in [-0.39, 0.29) is 0 Å². The van der Waals surface area contributed by atoms with Gasteiger partial charge in [-0.1, -0.05) is 121 Å². The molecule has 0 aliphatic heterocycles. The van der Waals surface area contributed by atoms with Crippen molar-refractivity contribution in [3.63, 3.8) is 0 Å². The maximum absolute atomic E-state index is 5.68. The third kappa shape index (κ3) is 5.49. The molecule has 15 aromatic rings. The number of hydrogen-bond donors (Lipinski definition) is 0. The Kier molecular flexibility index (Phi) is 8.13. The molecule has 0 amide bonds. The van der Waals surface area contributed by atoms with Crippen molar-refractivity contribution in [3.05, 3.63) is 219 Å². The van der Waals surface area contributed by atoms with Crippen molar-refractivity contribution in [2.45, 2.75) is 0 Å². The third-order valence-electron chi connectivity index (χ3n) is 13.8. The van der Waals surface area contributed by atoms with E-state index < -0.39 is 0 Å². The number of fused-ring (bicyclic) bond motifs is 12. The van der Waals surface area contributed by atoms with Crippen LogP contribution in [0.5, 0.6) is 0 Å².